The number of carbonyl (C=O) groups is 3. The van der Waals surface area contributed by atoms with Crippen LogP contribution in [-0.4, -0.2) is 38.0 Å². The molecule has 0 fully saturated rings. The molecule has 6 nitrogen and oxygen atoms in total. The van der Waals surface area contributed by atoms with Gasteiger partial charge in [0.15, 0.2) is 6.61 Å². The van der Waals surface area contributed by atoms with E-state index in [0.29, 0.717) is 4.88 Å². The lowest BCUT2D eigenvalue weighted by atomic mass is 10.1. The Morgan fingerprint density at radius 1 is 1.18 bits per heavy atom. The van der Waals surface area contributed by atoms with Crippen molar-refractivity contribution in [1.82, 2.24) is 10.6 Å². The van der Waals surface area contributed by atoms with Crippen molar-refractivity contribution in [1.29, 1.82) is 0 Å². The minimum atomic E-state index is -0.534. The van der Waals surface area contributed by atoms with Crippen molar-refractivity contribution in [3.8, 4) is 0 Å². The molecule has 2 aromatic rings. The lowest BCUT2D eigenvalue weighted by Crippen LogP contribution is -2.37. The number of hydrogen-bond acceptors (Lipinski definition) is 5. The van der Waals surface area contributed by atoms with Gasteiger partial charge in [-0.25, -0.2) is 4.79 Å². The van der Waals surface area contributed by atoms with Gasteiger partial charge in [-0.05, 0) is 23.9 Å². The normalized spacial score (nSPS) is 10.3. The van der Waals surface area contributed by atoms with Gasteiger partial charge in [-0.2, -0.15) is 0 Å². The Bertz CT molecular complexity index is 723. The van der Waals surface area contributed by atoms with Crippen LogP contribution in [0.3, 0.4) is 0 Å². The van der Waals surface area contributed by atoms with Gasteiger partial charge in [-0.15, -0.1) is 11.3 Å². The van der Waals surface area contributed by atoms with E-state index in [4.69, 9.17) is 4.74 Å². The summed E-state index contributed by atoms with van der Waals surface area (Å²) in [6, 6.07) is 7.68. The molecular formula is C15H16N2O4S. The van der Waals surface area contributed by atoms with Crippen LogP contribution in [0.15, 0.2) is 24.3 Å². The van der Waals surface area contributed by atoms with E-state index in [-0.39, 0.29) is 12.5 Å². The van der Waals surface area contributed by atoms with Gasteiger partial charge in [-0.3, -0.25) is 9.59 Å². The number of nitrogens with one attached hydrogen (secondary N) is 2. The standard InChI is InChI=1S/C15H16N2O4S/c1-9-10-5-3-4-6-11(10)22-14(9)15(20)21-8-13(19)17-7-12(18)16-2/h3-6H,7-8H2,1-2H3,(H,16,18)(H,17,19). The highest BCUT2D eigenvalue weighted by molar-refractivity contribution is 7.21. The Hall–Kier alpha value is -2.41. The third kappa shape index (κ3) is 3.62. The van der Waals surface area contributed by atoms with Gasteiger partial charge < -0.3 is 15.4 Å². The van der Waals surface area contributed by atoms with Crippen LogP contribution < -0.4 is 10.6 Å². The number of amides is 2. The molecule has 0 bridgehead atoms. The van der Waals surface area contributed by atoms with Gasteiger partial charge in [0.05, 0.1) is 6.54 Å². The van der Waals surface area contributed by atoms with Gasteiger partial charge >= 0.3 is 5.97 Å². The van der Waals surface area contributed by atoms with Crippen LogP contribution in [0.2, 0.25) is 0 Å². The van der Waals surface area contributed by atoms with Crippen molar-refractivity contribution in [2.24, 2.45) is 0 Å². The number of benzene rings is 1. The number of hydrogen-bond donors (Lipinski definition) is 2. The summed E-state index contributed by atoms with van der Waals surface area (Å²) in [5.74, 6) is -1.37. The maximum atomic E-state index is 12.1. The van der Waals surface area contributed by atoms with Gasteiger partial charge in [-0.1, -0.05) is 18.2 Å². The maximum absolute atomic E-state index is 12.1. The first kappa shape index (κ1) is 16.0. The average Bonchev–Trinajstić information content (AvgIpc) is 2.87. The van der Waals surface area contributed by atoms with E-state index in [2.05, 4.69) is 10.6 Å². The van der Waals surface area contributed by atoms with Crippen LogP contribution in [-0.2, 0) is 14.3 Å². The molecule has 0 saturated carbocycles. The number of thiophene rings is 1. The smallest absolute Gasteiger partial charge is 0.349 e. The highest BCUT2D eigenvalue weighted by Gasteiger charge is 2.17. The maximum Gasteiger partial charge on any atom is 0.349 e. The molecule has 0 radical (unpaired) electrons. The Morgan fingerprint density at radius 2 is 1.91 bits per heavy atom. The van der Waals surface area contributed by atoms with E-state index in [9.17, 15) is 14.4 Å². The number of fused-ring (bicyclic) bond motifs is 1. The fourth-order valence-electron chi connectivity index (χ4n) is 1.88. The first-order valence-electron chi connectivity index (χ1n) is 6.65. The Labute approximate surface area is 131 Å². The minimum absolute atomic E-state index is 0.144. The second-order valence-electron chi connectivity index (χ2n) is 4.58. The monoisotopic (exact) mass is 320 g/mol. The number of aryl methyl sites for hydroxylation is 1. The zero-order chi connectivity index (χ0) is 16.1. The third-order valence-corrected chi connectivity index (χ3v) is 4.34. The third-order valence-electron chi connectivity index (χ3n) is 3.09. The molecule has 116 valence electrons. The molecule has 2 amide bonds. The van der Waals surface area contributed by atoms with E-state index in [0.717, 1.165) is 15.6 Å². The summed E-state index contributed by atoms with van der Waals surface area (Å²) in [6.45, 7) is 1.29. The summed E-state index contributed by atoms with van der Waals surface area (Å²) in [4.78, 5) is 35.0. The van der Waals surface area contributed by atoms with E-state index in [1.54, 1.807) is 0 Å². The predicted molar refractivity (Wildman–Crippen MR) is 83.9 cm³/mol. The number of esters is 1. The molecule has 7 heteroatoms. The second-order valence-corrected chi connectivity index (χ2v) is 5.63. The molecular weight excluding hydrogens is 304 g/mol. The van der Waals surface area contributed by atoms with E-state index in [1.165, 1.54) is 18.4 Å². The number of ether oxygens (including phenoxy) is 1. The molecule has 1 heterocycles. The Balaban J connectivity index is 1.95. The number of likely N-dealkylation sites (N-methyl/N-ethyl adjacent to an activating group) is 1. The van der Waals surface area contributed by atoms with Crippen LogP contribution in [0.25, 0.3) is 10.1 Å². The second kappa shape index (κ2) is 7.04. The van der Waals surface area contributed by atoms with Crippen LogP contribution in [0.1, 0.15) is 15.2 Å². The fourth-order valence-corrected chi connectivity index (χ4v) is 2.99. The van der Waals surface area contributed by atoms with Crippen LogP contribution in [0.4, 0.5) is 0 Å². The molecule has 1 aromatic carbocycles. The summed E-state index contributed by atoms with van der Waals surface area (Å²) in [7, 11) is 1.47. The highest BCUT2D eigenvalue weighted by Crippen LogP contribution is 2.30. The summed E-state index contributed by atoms with van der Waals surface area (Å²) < 4.78 is 5.99. The SMILES string of the molecule is CNC(=O)CNC(=O)COC(=O)c1sc2ccccc2c1C. The summed E-state index contributed by atoms with van der Waals surface area (Å²) >= 11 is 1.34. The lowest BCUT2D eigenvalue weighted by Gasteiger charge is -2.05. The van der Waals surface area contributed by atoms with E-state index < -0.39 is 18.5 Å². The average molecular weight is 320 g/mol. The molecule has 0 saturated heterocycles. The van der Waals surface area contributed by atoms with Crippen LogP contribution in [0.5, 0.6) is 0 Å². The molecule has 0 unspecified atom stereocenters. The lowest BCUT2D eigenvalue weighted by molar-refractivity contribution is -0.127. The highest BCUT2D eigenvalue weighted by atomic mass is 32.1. The topological polar surface area (TPSA) is 84.5 Å². The first-order valence-corrected chi connectivity index (χ1v) is 7.47. The van der Waals surface area contributed by atoms with Crippen molar-refractivity contribution in [3.05, 3.63) is 34.7 Å². The summed E-state index contributed by atoms with van der Waals surface area (Å²) in [5.41, 5.74) is 0.844. The Kier molecular flexibility index (Phi) is 5.11. The molecule has 0 aliphatic heterocycles. The van der Waals surface area contributed by atoms with E-state index >= 15 is 0 Å². The summed E-state index contributed by atoms with van der Waals surface area (Å²) in [5, 5.41) is 5.73. The molecule has 2 rings (SSSR count). The quantitative estimate of drug-likeness (QED) is 0.812. The van der Waals surface area contributed by atoms with Gasteiger partial charge in [0.25, 0.3) is 5.91 Å². The van der Waals surface area contributed by atoms with Gasteiger partial charge in [0, 0.05) is 11.7 Å². The van der Waals surface area contributed by atoms with Gasteiger partial charge in [0.2, 0.25) is 5.91 Å². The molecule has 0 aliphatic carbocycles. The zero-order valence-electron chi connectivity index (χ0n) is 12.3. The molecule has 1 aromatic heterocycles. The van der Waals surface area contributed by atoms with Crippen molar-refractivity contribution >= 4 is 39.2 Å². The fraction of sp³-hybridized carbons (Fsp3) is 0.267. The number of rotatable bonds is 5. The van der Waals surface area contributed by atoms with Crippen molar-refractivity contribution in [2.75, 3.05) is 20.2 Å². The van der Waals surface area contributed by atoms with Crippen molar-refractivity contribution in [2.45, 2.75) is 6.92 Å². The predicted octanol–water partition coefficient (Wildman–Crippen LogP) is 1.23. The molecule has 0 spiro atoms. The Morgan fingerprint density at radius 3 is 2.59 bits per heavy atom. The molecule has 0 aliphatic rings. The van der Waals surface area contributed by atoms with Crippen molar-refractivity contribution in [3.63, 3.8) is 0 Å². The summed E-state index contributed by atoms with van der Waals surface area (Å²) in [6.07, 6.45) is 0. The van der Waals surface area contributed by atoms with Crippen LogP contribution >= 0.6 is 11.3 Å². The largest absolute Gasteiger partial charge is 0.451 e. The molecule has 22 heavy (non-hydrogen) atoms. The molecule has 0 atom stereocenters. The van der Waals surface area contributed by atoms with Crippen LogP contribution in [0, 0.1) is 6.92 Å². The first-order chi connectivity index (χ1) is 10.5. The minimum Gasteiger partial charge on any atom is -0.451 e. The zero-order valence-corrected chi connectivity index (χ0v) is 13.1. The van der Waals surface area contributed by atoms with Crippen molar-refractivity contribution < 1.29 is 19.1 Å². The van der Waals surface area contributed by atoms with Gasteiger partial charge in [0.1, 0.15) is 4.88 Å². The molecule has 2 N–H and O–H groups in total. The van der Waals surface area contributed by atoms with E-state index in [1.807, 2.05) is 31.2 Å². The number of carbonyl (C=O) groups excluding carboxylic acids is 3.